The lowest BCUT2D eigenvalue weighted by Crippen LogP contribution is -2.35. The summed E-state index contributed by atoms with van der Waals surface area (Å²) in [5.41, 5.74) is -0.283. The van der Waals surface area contributed by atoms with Crippen LogP contribution < -0.4 is 5.32 Å². The zero-order valence-electron chi connectivity index (χ0n) is 9.75. The third kappa shape index (κ3) is 1.73. The Morgan fingerprint density at radius 1 is 1.72 bits per heavy atom. The fraction of sp³-hybridized carbons (Fsp3) is 0.500. The highest BCUT2D eigenvalue weighted by atomic mass is 32.1. The Bertz CT molecular complexity index is 599. The second-order valence-corrected chi connectivity index (χ2v) is 5.46. The van der Waals surface area contributed by atoms with Gasteiger partial charge in [-0.3, -0.25) is 0 Å². The molecule has 2 aromatic heterocycles. The molecule has 1 unspecified atom stereocenters. The van der Waals surface area contributed by atoms with Crippen LogP contribution in [0.3, 0.4) is 0 Å². The Kier molecular flexibility index (Phi) is 2.49. The van der Waals surface area contributed by atoms with E-state index in [9.17, 15) is 10.1 Å². The molecule has 7 nitrogen and oxygen atoms in total. The summed E-state index contributed by atoms with van der Waals surface area (Å²) in [5.74, 6) is 0.305. The largest absolute Gasteiger partial charge is 0.379 e. The average Bonchev–Trinajstić information content (AvgIpc) is 2.93. The van der Waals surface area contributed by atoms with E-state index in [1.807, 2.05) is 6.92 Å². The van der Waals surface area contributed by atoms with E-state index in [0.717, 1.165) is 6.42 Å². The van der Waals surface area contributed by atoms with Crippen molar-refractivity contribution in [3.05, 3.63) is 21.7 Å². The van der Waals surface area contributed by atoms with E-state index in [2.05, 4.69) is 10.3 Å². The SMILES string of the molecule is CC1(Nc2nc3sccn3c2[N+](=O)[O-])CCOC1. The van der Waals surface area contributed by atoms with Crippen molar-refractivity contribution in [2.24, 2.45) is 0 Å². The van der Waals surface area contributed by atoms with Crippen molar-refractivity contribution in [1.82, 2.24) is 9.38 Å². The minimum absolute atomic E-state index is 0.0145. The van der Waals surface area contributed by atoms with Crippen molar-refractivity contribution in [3.8, 4) is 0 Å². The predicted octanol–water partition coefficient (Wildman–Crippen LogP) is 1.89. The van der Waals surface area contributed by atoms with Crippen molar-refractivity contribution in [2.75, 3.05) is 18.5 Å². The van der Waals surface area contributed by atoms with Gasteiger partial charge >= 0.3 is 5.82 Å². The third-order valence-corrected chi connectivity index (χ3v) is 3.81. The summed E-state index contributed by atoms with van der Waals surface area (Å²) in [5, 5.41) is 16.1. The molecule has 1 aliphatic heterocycles. The van der Waals surface area contributed by atoms with Crippen molar-refractivity contribution in [1.29, 1.82) is 0 Å². The van der Waals surface area contributed by atoms with Crippen LogP contribution in [0.2, 0.25) is 0 Å². The van der Waals surface area contributed by atoms with Crippen LogP contribution in [0.4, 0.5) is 11.6 Å². The lowest BCUT2D eigenvalue weighted by Gasteiger charge is -2.22. The molecule has 0 amide bonds. The number of fused-ring (bicyclic) bond motifs is 1. The topological polar surface area (TPSA) is 81.7 Å². The van der Waals surface area contributed by atoms with E-state index < -0.39 is 4.92 Å². The second kappa shape index (κ2) is 3.92. The summed E-state index contributed by atoms with van der Waals surface area (Å²) in [7, 11) is 0. The zero-order chi connectivity index (χ0) is 12.8. The van der Waals surface area contributed by atoms with Crippen molar-refractivity contribution in [3.63, 3.8) is 0 Å². The average molecular weight is 268 g/mol. The minimum atomic E-state index is -0.409. The Morgan fingerprint density at radius 2 is 2.56 bits per heavy atom. The summed E-state index contributed by atoms with van der Waals surface area (Å²) in [6.45, 7) is 3.19. The molecule has 0 spiro atoms. The fourth-order valence-electron chi connectivity index (χ4n) is 2.08. The van der Waals surface area contributed by atoms with Crippen LogP contribution in [0.5, 0.6) is 0 Å². The summed E-state index contributed by atoms with van der Waals surface area (Å²) >= 11 is 1.37. The molecule has 8 heteroatoms. The summed E-state index contributed by atoms with van der Waals surface area (Å²) in [6.07, 6.45) is 2.47. The van der Waals surface area contributed by atoms with Crippen LogP contribution in [0.25, 0.3) is 4.96 Å². The molecule has 1 saturated heterocycles. The van der Waals surface area contributed by atoms with Gasteiger partial charge in [-0.2, -0.15) is 9.38 Å². The van der Waals surface area contributed by atoms with Crippen molar-refractivity contribution >= 4 is 27.9 Å². The van der Waals surface area contributed by atoms with Crippen LogP contribution in [0.1, 0.15) is 13.3 Å². The molecular formula is C10H12N4O3S. The molecule has 0 radical (unpaired) electrons. The number of ether oxygens (including phenoxy) is 1. The van der Waals surface area contributed by atoms with E-state index in [1.54, 1.807) is 11.6 Å². The number of nitrogens with zero attached hydrogens (tertiary/aromatic N) is 3. The van der Waals surface area contributed by atoms with Crippen molar-refractivity contribution < 1.29 is 9.66 Å². The number of nitro groups is 1. The Morgan fingerprint density at radius 3 is 3.22 bits per heavy atom. The van der Waals surface area contributed by atoms with Gasteiger partial charge in [-0.15, -0.1) is 0 Å². The first-order valence-corrected chi connectivity index (χ1v) is 6.43. The number of imidazole rings is 1. The first-order chi connectivity index (χ1) is 8.59. The molecule has 3 heterocycles. The van der Waals surface area contributed by atoms with Crippen LogP contribution in [0.15, 0.2) is 11.6 Å². The molecule has 96 valence electrons. The van der Waals surface area contributed by atoms with Gasteiger partial charge in [0.25, 0.3) is 4.96 Å². The minimum Gasteiger partial charge on any atom is -0.379 e. The number of hydrogen-bond donors (Lipinski definition) is 1. The smallest absolute Gasteiger partial charge is 0.372 e. The quantitative estimate of drug-likeness (QED) is 0.679. The van der Waals surface area contributed by atoms with Gasteiger partial charge in [0.05, 0.1) is 12.1 Å². The highest BCUT2D eigenvalue weighted by molar-refractivity contribution is 7.15. The highest BCUT2D eigenvalue weighted by Crippen LogP contribution is 2.32. The summed E-state index contributed by atoms with van der Waals surface area (Å²) in [4.78, 5) is 15.6. The standard InChI is InChI=1S/C10H12N4O3S/c1-10(2-4-17-6-10)12-7-8(14(15)16)13-3-5-18-9(13)11-7/h3,5,12H,2,4,6H2,1H3. The maximum Gasteiger partial charge on any atom is 0.372 e. The van der Waals surface area contributed by atoms with Gasteiger partial charge in [0.15, 0.2) is 0 Å². The molecule has 18 heavy (non-hydrogen) atoms. The molecular weight excluding hydrogens is 256 g/mol. The van der Waals surface area contributed by atoms with Gasteiger partial charge in [-0.05, 0) is 18.3 Å². The number of aromatic nitrogens is 2. The maximum absolute atomic E-state index is 11.2. The van der Waals surface area contributed by atoms with Gasteiger partial charge in [-0.25, -0.2) is 0 Å². The van der Waals surface area contributed by atoms with Crippen LogP contribution >= 0.6 is 11.3 Å². The molecule has 0 bridgehead atoms. The number of anilines is 1. The van der Waals surface area contributed by atoms with E-state index in [1.165, 1.54) is 15.7 Å². The van der Waals surface area contributed by atoms with Gasteiger partial charge < -0.3 is 20.2 Å². The molecule has 1 N–H and O–H groups in total. The molecule has 1 aliphatic rings. The Balaban J connectivity index is 2.02. The fourth-order valence-corrected chi connectivity index (χ4v) is 2.79. The van der Waals surface area contributed by atoms with Crippen molar-refractivity contribution in [2.45, 2.75) is 18.9 Å². The van der Waals surface area contributed by atoms with E-state index >= 15 is 0 Å². The molecule has 2 aromatic rings. The van der Waals surface area contributed by atoms with Gasteiger partial charge in [0.2, 0.25) is 5.82 Å². The van der Waals surface area contributed by atoms with Gasteiger partial charge in [-0.1, -0.05) is 11.3 Å². The lowest BCUT2D eigenvalue weighted by molar-refractivity contribution is -0.389. The van der Waals surface area contributed by atoms with Gasteiger partial charge in [0, 0.05) is 12.0 Å². The van der Waals surface area contributed by atoms with Crippen LogP contribution in [-0.2, 0) is 4.74 Å². The molecule has 1 atom stereocenters. The number of thiazole rings is 1. The number of hydrogen-bond acceptors (Lipinski definition) is 6. The molecule has 0 aromatic carbocycles. The zero-order valence-corrected chi connectivity index (χ0v) is 10.6. The number of rotatable bonds is 3. The molecule has 3 rings (SSSR count). The number of nitrogens with one attached hydrogen (secondary N) is 1. The Hall–Kier alpha value is -1.67. The van der Waals surface area contributed by atoms with Crippen LogP contribution in [-0.4, -0.2) is 33.1 Å². The Labute approximate surface area is 107 Å². The lowest BCUT2D eigenvalue weighted by atomic mass is 10.0. The first kappa shape index (κ1) is 11.4. The monoisotopic (exact) mass is 268 g/mol. The van der Waals surface area contributed by atoms with E-state index in [-0.39, 0.29) is 11.4 Å². The third-order valence-electron chi connectivity index (χ3n) is 3.05. The van der Waals surface area contributed by atoms with E-state index in [0.29, 0.717) is 24.0 Å². The normalized spacial score (nSPS) is 23.6. The van der Waals surface area contributed by atoms with Crippen LogP contribution in [0, 0.1) is 10.1 Å². The van der Waals surface area contributed by atoms with Gasteiger partial charge in [0.1, 0.15) is 6.20 Å². The second-order valence-electron chi connectivity index (χ2n) is 4.58. The summed E-state index contributed by atoms with van der Waals surface area (Å²) in [6, 6.07) is 0. The van der Waals surface area contributed by atoms with E-state index in [4.69, 9.17) is 4.74 Å². The predicted molar refractivity (Wildman–Crippen MR) is 67.2 cm³/mol. The maximum atomic E-state index is 11.2. The molecule has 1 fully saturated rings. The summed E-state index contributed by atoms with van der Waals surface area (Å²) < 4.78 is 6.82. The molecule has 0 saturated carbocycles. The highest BCUT2D eigenvalue weighted by Gasteiger charge is 2.34. The molecule has 0 aliphatic carbocycles. The first-order valence-electron chi connectivity index (χ1n) is 5.55.